The number of hydrogen-bond acceptors (Lipinski definition) is 3. The molecule has 0 radical (unpaired) electrons. The average molecular weight is 342 g/mol. The molecule has 122 valence electrons. The number of halogens is 1. The van der Waals surface area contributed by atoms with E-state index in [1.807, 2.05) is 28.8 Å². The van der Waals surface area contributed by atoms with Gasteiger partial charge in [0.1, 0.15) is 5.82 Å². The zero-order chi connectivity index (χ0) is 17.1. The Balaban J connectivity index is 1.94. The van der Waals surface area contributed by atoms with Gasteiger partial charge in [0.2, 0.25) is 5.91 Å². The molecular weight excluding hydrogens is 326 g/mol. The normalized spacial score (nSPS) is 10.8. The second kappa shape index (κ2) is 6.84. The fourth-order valence-corrected chi connectivity index (χ4v) is 2.64. The molecule has 0 fully saturated rings. The smallest absolute Gasteiger partial charge is 0.217 e. The van der Waals surface area contributed by atoms with Crippen molar-refractivity contribution in [1.82, 2.24) is 14.9 Å². The number of Topliss-reactive ketones (excluding diaryl/α,β-unsaturated/α-hetero) is 1. The van der Waals surface area contributed by atoms with Crippen molar-refractivity contribution in [2.45, 2.75) is 20.0 Å². The van der Waals surface area contributed by atoms with Gasteiger partial charge in [0.05, 0.1) is 24.1 Å². The van der Waals surface area contributed by atoms with Gasteiger partial charge < -0.3 is 9.88 Å². The van der Waals surface area contributed by atoms with Crippen LogP contribution in [0.1, 0.15) is 23.1 Å². The van der Waals surface area contributed by atoms with Crippen molar-refractivity contribution in [1.29, 1.82) is 0 Å². The van der Waals surface area contributed by atoms with Gasteiger partial charge in [0.25, 0.3) is 0 Å². The number of aromatic nitrogens is 2. The molecule has 0 saturated carbocycles. The van der Waals surface area contributed by atoms with E-state index in [9.17, 15) is 9.59 Å². The number of ketones is 1. The van der Waals surface area contributed by atoms with E-state index in [1.165, 1.54) is 6.92 Å². The highest BCUT2D eigenvalue weighted by Crippen LogP contribution is 2.18. The number of rotatable bonds is 5. The first-order chi connectivity index (χ1) is 11.5. The summed E-state index contributed by atoms with van der Waals surface area (Å²) in [4.78, 5) is 28.3. The highest BCUT2D eigenvalue weighted by atomic mass is 35.5. The summed E-state index contributed by atoms with van der Waals surface area (Å²) in [6.45, 7) is 1.88. The molecular formula is C18H16ClN3O2. The third-order valence-corrected chi connectivity index (χ3v) is 3.95. The van der Waals surface area contributed by atoms with Crippen LogP contribution in [-0.4, -0.2) is 21.2 Å². The van der Waals surface area contributed by atoms with Crippen LogP contribution in [0, 0.1) is 0 Å². The summed E-state index contributed by atoms with van der Waals surface area (Å²) >= 11 is 5.87. The molecule has 6 heteroatoms. The summed E-state index contributed by atoms with van der Waals surface area (Å²) in [6, 6.07) is 14.4. The molecule has 3 aromatic rings. The van der Waals surface area contributed by atoms with Gasteiger partial charge in [-0.05, 0) is 36.4 Å². The van der Waals surface area contributed by atoms with Crippen LogP contribution in [0.25, 0.3) is 11.0 Å². The highest BCUT2D eigenvalue weighted by molar-refractivity contribution is 6.30. The summed E-state index contributed by atoms with van der Waals surface area (Å²) in [6.07, 6.45) is 0. The van der Waals surface area contributed by atoms with E-state index in [1.54, 1.807) is 24.3 Å². The molecule has 0 saturated heterocycles. The third kappa shape index (κ3) is 3.46. The maximum Gasteiger partial charge on any atom is 0.217 e. The molecule has 0 unspecified atom stereocenters. The summed E-state index contributed by atoms with van der Waals surface area (Å²) in [5, 5.41) is 3.32. The summed E-state index contributed by atoms with van der Waals surface area (Å²) in [7, 11) is 0. The lowest BCUT2D eigenvalue weighted by Gasteiger charge is -2.09. The minimum atomic E-state index is -0.141. The average Bonchev–Trinajstić information content (AvgIpc) is 2.91. The molecule has 2 aromatic carbocycles. The topological polar surface area (TPSA) is 64.0 Å². The Bertz CT molecular complexity index is 900. The molecule has 1 aromatic heterocycles. The number of carbonyl (C=O) groups is 2. The lowest BCUT2D eigenvalue weighted by Crippen LogP contribution is -2.23. The van der Waals surface area contributed by atoms with E-state index in [-0.39, 0.29) is 24.8 Å². The van der Waals surface area contributed by atoms with Crippen LogP contribution in [0.3, 0.4) is 0 Å². The van der Waals surface area contributed by atoms with E-state index in [0.717, 1.165) is 11.0 Å². The zero-order valence-electron chi connectivity index (χ0n) is 13.1. The number of amides is 1. The van der Waals surface area contributed by atoms with E-state index in [4.69, 9.17) is 11.6 Å². The monoisotopic (exact) mass is 341 g/mol. The number of hydrogen-bond donors (Lipinski definition) is 1. The Hall–Kier alpha value is -2.66. The fraction of sp³-hybridized carbons (Fsp3) is 0.167. The molecule has 0 bridgehead atoms. The molecule has 0 aliphatic heterocycles. The number of carbonyl (C=O) groups excluding carboxylic acids is 2. The Labute approximate surface area is 144 Å². The van der Waals surface area contributed by atoms with Crippen molar-refractivity contribution in [3.63, 3.8) is 0 Å². The van der Waals surface area contributed by atoms with Crippen LogP contribution < -0.4 is 5.32 Å². The van der Waals surface area contributed by atoms with Crippen LogP contribution >= 0.6 is 11.6 Å². The van der Waals surface area contributed by atoms with Gasteiger partial charge in [-0.15, -0.1) is 0 Å². The predicted octanol–water partition coefficient (Wildman–Crippen LogP) is 3.21. The molecule has 24 heavy (non-hydrogen) atoms. The Morgan fingerprint density at radius 1 is 1.12 bits per heavy atom. The zero-order valence-corrected chi connectivity index (χ0v) is 13.9. The fourth-order valence-electron chi connectivity index (χ4n) is 2.51. The summed E-state index contributed by atoms with van der Waals surface area (Å²) in [5.74, 6) is 0.463. The lowest BCUT2D eigenvalue weighted by atomic mass is 10.1. The van der Waals surface area contributed by atoms with Gasteiger partial charge in [-0.1, -0.05) is 23.7 Å². The lowest BCUT2D eigenvalue weighted by molar-refractivity contribution is -0.119. The van der Waals surface area contributed by atoms with Gasteiger partial charge in [0, 0.05) is 17.5 Å². The van der Waals surface area contributed by atoms with Crippen molar-refractivity contribution in [2.24, 2.45) is 0 Å². The highest BCUT2D eigenvalue weighted by Gasteiger charge is 2.15. The number of para-hydroxylation sites is 2. The largest absolute Gasteiger partial charge is 0.349 e. The molecule has 0 aliphatic carbocycles. The van der Waals surface area contributed by atoms with Crippen molar-refractivity contribution in [3.8, 4) is 0 Å². The van der Waals surface area contributed by atoms with E-state index >= 15 is 0 Å². The maximum atomic E-state index is 12.6. The van der Waals surface area contributed by atoms with E-state index < -0.39 is 0 Å². The van der Waals surface area contributed by atoms with Crippen molar-refractivity contribution in [3.05, 3.63) is 64.9 Å². The first-order valence-corrected chi connectivity index (χ1v) is 7.90. The van der Waals surface area contributed by atoms with Crippen molar-refractivity contribution in [2.75, 3.05) is 0 Å². The second-order valence-electron chi connectivity index (χ2n) is 5.44. The van der Waals surface area contributed by atoms with Crippen LogP contribution in [0.4, 0.5) is 0 Å². The molecule has 1 amide bonds. The Kier molecular flexibility index (Phi) is 4.62. The summed E-state index contributed by atoms with van der Waals surface area (Å²) in [5.41, 5.74) is 2.24. The number of imidazole rings is 1. The molecule has 0 atom stereocenters. The minimum Gasteiger partial charge on any atom is -0.349 e. The number of benzene rings is 2. The predicted molar refractivity (Wildman–Crippen MR) is 93.0 cm³/mol. The SMILES string of the molecule is CC(=O)NCc1nc2ccccc2n1CC(=O)c1ccc(Cl)cc1. The van der Waals surface area contributed by atoms with Crippen molar-refractivity contribution >= 4 is 34.3 Å². The van der Waals surface area contributed by atoms with Gasteiger partial charge >= 0.3 is 0 Å². The maximum absolute atomic E-state index is 12.6. The molecule has 5 nitrogen and oxygen atoms in total. The molecule has 1 N–H and O–H groups in total. The number of nitrogens with one attached hydrogen (secondary N) is 1. The Morgan fingerprint density at radius 2 is 1.83 bits per heavy atom. The summed E-state index contributed by atoms with van der Waals surface area (Å²) < 4.78 is 1.84. The number of nitrogens with zero attached hydrogens (tertiary/aromatic N) is 2. The third-order valence-electron chi connectivity index (χ3n) is 3.70. The van der Waals surface area contributed by atoms with Gasteiger partial charge in [-0.2, -0.15) is 0 Å². The van der Waals surface area contributed by atoms with Gasteiger partial charge in [0.15, 0.2) is 5.78 Å². The number of fused-ring (bicyclic) bond motifs is 1. The van der Waals surface area contributed by atoms with Gasteiger partial charge in [-0.3, -0.25) is 9.59 Å². The quantitative estimate of drug-likeness (QED) is 0.725. The standard InChI is InChI=1S/C18H16ClN3O2/c1-12(23)20-10-18-21-15-4-2-3-5-16(15)22(18)11-17(24)13-6-8-14(19)9-7-13/h2-9H,10-11H2,1H3,(H,20,23). The van der Waals surface area contributed by atoms with Gasteiger partial charge in [-0.25, -0.2) is 4.98 Å². The Morgan fingerprint density at radius 3 is 2.54 bits per heavy atom. The minimum absolute atomic E-state index is 0.0427. The van der Waals surface area contributed by atoms with Crippen LogP contribution in [0.15, 0.2) is 48.5 Å². The second-order valence-corrected chi connectivity index (χ2v) is 5.88. The molecule has 1 heterocycles. The van der Waals surface area contributed by atoms with Crippen LogP contribution in [-0.2, 0) is 17.9 Å². The van der Waals surface area contributed by atoms with Crippen LogP contribution in [0.5, 0.6) is 0 Å². The van der Waals surface area contributed by atoms with Crippen molar-refractivity contribution < 1.29 is 9.59 Å². The molecule has 0 aliphatic rings. The first-order valence-electron chi connectivity index (χ1n) is 7.52. The first kappa shape index (κ1) is 16.2. The molecule has 0 spiro atoms. The van der Waals surface area contributed by atoms with Crippen LogP contribution in [0.2, 0.25) is 5.02 Å². The molecule has 3 rings (SSSR count). The van der Waals surface area contributed by atoms with E-state index in [2.05, 4.69) is 10.3 Å². The van der Waals surface area contributed by atoms with E-state index in [0.29, 0.717) is 16.4 Å².